The van der Waals surface area contributed by atoms with Crippen LogP contribution in [0.5, 0.6) is 0 Å². The van der Waals surface area contributed by atoms with Crippen LogP contribution in [-0.2, 0) is 14.4 Å². The summed E-state index contributed by atoms with van der Waals surface area (Å²) in [6.45, 7) is 0. The van der Waals surface area contributed by atoms with Crippen molar-refractivity contribution in [2.24, 2.45) is 5.92 Å². The number of anilines is 2. The highest BCUT2D eigenvalue weighted by atomic mass is 35.5. The number of carbonyl (C=O) groups excluding carboxylic acids is 2. The van der Waals surface area contributed by atoms with Crippen LogP contribution >= 0.6 is 34.8 Å². The average molecular weight is 519 g/mol. The van der Waals surface area contributed by atoms with E-state index in [1.54, 1.807) is 42.5 Å². The SMILES string of the molecule is O=C1C2ON(c3ccccc3)C(c3ccc(Cl)cc3Cl)C2C(=O)N1c1ccc(Cl)c([N+](=O)[O-])c1. The molecule has 3 aromatic carbocycles. The number of amides is 2. The van der Waals surface area contributed by atoms with Crippen molar-refractivity contribution in [3.63, 3.8) is 0 Å². The normalized spacial score (nSPS) is 21.8. The average Bonchev–Trinajstić information content (AvgIpc) is 3.31. The number of benzene rings is 3. The van der Waals surface area contributed by atoms with Crippen molar-refractivity contribution in [1.29, 1.82) is 0 Å². The Hall–Kier alpha value is -3.17. The predicted octanol–water partition coefficient (Wildman–Crippen LogP) is 5.61. The molecule has 8 nitrogen and oxygen atoms in total. The molecule has 3 aromatic rings. The molecule has 0 saturated carbocycles. The topological polar surface area (TPSA) is 93.0 Å². The minimum atomic E-state index is -1.15. The van der Waals surface area contributed by atoms with Gasteiger partial charge in [-0.1, -0.05) is 59.1 Å². The van der Waals surface area contributed by atoms with Crippen LogP contribution < -0.4 is 9.96 Å². The zero-order valence-electron chi connectivity index (χ0n) is 17.1. The molecule has 2 amide bonds. The van der Waals surface area contributed by atoms with Gasteiger partial charge in [-0.15, -0.1) is 0 Å². The van der Waals surface area contributed by atoms with Crippen LogP contribution in [0.2, 0.25) is 15.1 Å². The van der Waals surface area contributed by atoms with Crippen LogP contribution in [-0.4, -0.2) is 22.8 Å². The van der Waals surface area contributed by atoms with Gasteiger partial charge in [0.25, 0.3) is 11.6 Å². The molecule has 172 valence electrons. The third-order valence-corrected chi connectivity index (χ3v) is 6.67. The van der Waals surface area contributed by atoms with E-state index in [9.17, 15) is 19.7 Å². The van der Waals surface area contributed by atoms with Gasteiger partial charge in [-0.25, -0.2) is 9.96 Å². The molecule has 34 heavy (non-hydrogen) atoms. The molecule has 5 rings (SSSR count). The van der Waals surface area contributed by atoms with E-state index >= 15 is 0 Å². The van der Waals surface area contributed by atoms with E-state index in [2.05, 4.69) is 0 Å². The van der Waals surface area contributed by atoms with Crippen LogP contribution in [0.1, 0.15) is 11.6 Å². The van der Waals surface area contributed by atoms with Gasteiger partial charge in [0.2, 0.25) is 5.91 Å². The number of nitrogens with zero attached hydrogens (tertiary/aromatic N) is 3. The highest BCUT2D eigenvalue weighted by Crippen LogP contribution is 2.49. The van der Waals surface area contributed by atoms with Gasteiger partial charge in [0, 0.05) is 16.1 Å². The monoisotopic (exact) mass is 517 g/mol. The van der Waals surface area contributed by atoms with E-state index in [0.29, 0.717) is 21.3 Å². The Balaban J connectivity index is 1.60. The van der Waals surface area contributed by atoms with Crippen molar-refractivity contribution in [3.8, 4) is 0 Å². The Morgan fingerprint density at radius 3 is 2.26 bits per heavy atom. The zero-order valence-corrected chi connectivity index (χ0v) is 19.4. The van der Waals surface area contributed by atoms with E-state index in [0.717, 1.165) is 11.0 Å². The minimum Gasteiger partial charge on any atom is -0.273 e. The fourth-order valence-electron chi connectivity index (χ4n) is 4.31. The van der Waals surface area contributed by atoms with Gasteiger partial charge in [-0.2, -0.15) is 0 Å². The maximum Gasteiger partial charge on any atom is 0.289 e. The quantitative estimate of drug-likeness (QED) is 0.253. The van der Waals surface area contributed by atoms with Gasteiger partial charge in [0.05, 0.1) is 22.3 Å². The first-order valence-electron chi connectivity index (χ1n) is 10.1. The third kappa shape index (κ3) is 3.59. The van der Waals surface area contributed by atoms with Gasteiger partial charge in [0.15, 0.2) is 6.10 Å². The predicted molar refractivity (Wildman–Crippen MR) is 127 cm³/mol. The number of rotatable bonds is 4. The van der Waals surface area contributed by atoms with Crippen LogP contribution in [0.25, 0.3) is 0 Å². The Morgan fingerprint density at radius 1 is 0.853 bits per heavy atom. The molecule has 0 bridgehead atoms. The molecule has 0 aliphatic carbocycles. The number of halogens is 3. The molecule has 0 radical (unpaired) electrons. The van der Waals surface area contributed by atoms with E-state index in [-0.39, 0.29) is 10.7 Å². The summed E-state index contributed by atoms with van der Waals surface area (Å²) in [5.74, 6) is -2.16. The molecule has 2 heterocycles. The number of hydroxylamine groups is 1. The summed E-state index contributed by atoms with van der Waals surface area (Å²) in [5, 5.41) is 13.4. The van der Waals surface area contributed by atoms with Gasteiger partial charge in [-0.3, -0.25) is 24.5 Å². The van der Waals surface area contributed by atoms with Crippen LogP contribution in [0, 0.1) is 16.0 Å². The lowest BCUT2D eigenvalue weighted by Gasteiger charge is -2.29. The van der Waals surface area contributed by atoms with E-state index < -0.39 is 40.5 Å². The number of hydrogen-bond donors (Lipinski definition) is 0. The summed E-state index contributed by atoms with van der Waals surface area (Å²) in [6.07, 6.45) is -1.15. The smallest absolute Gasteiger partial charge is 0.273 e. The van der Waals surface area contributed by atoms with Crippen molar-refractivity contribution in [2.45, 2.75) is 12.1 Å². The summed E-state index contributed by atoms with van der Waals surface area (Å²) in [5.41, 5.74) is 0.798. The summed E-state index contributed by atoms with van der Waals surface area (Å²) < 4.78 is 0. The number of imide groups is 1. The molecule has 3 atom stereocenters. The summed E-state index contributed by atoms with van der Waals surface area (Å²) in [4.78, 5) is 44.6. The third-order valence-electron chi connectivity index (χ3n) is 5.79. The van der Waals surface area contributed by atoms with Gasteiger partial charge >= 0.3 is 0 Å². The molecule has 0 spiro atoms. The molecule has 11 heteroatoms. The number of nitro groups is 1. The van der Waals surface area contributed by atoms with Crippen LogP contribution in [0.4, 0.5) is 17.1 Å². The van der Waals surface area contributed by atoms with Crippen molar-refractivity contribution in [2.75, 3.05) is 9.96 Å². The highest BCUT2D eigenvalue weighted by Gasteiger charge is 2.60. The second kappa shape index (κ2) is 8.56. The standard InChI is InChI=1S/C23H14Cl3N3O5/c24-12-6-8-15(17(26)10-12)20-19-21(34-28(20)13-4-2-1-3-5-13)23(31)27(22(19)30)14-7-9-16(25)18(11-14)29(32)33/h1-11,19-21H. The maximum atomic E-state index is 13.6. The van der Waals surface area contributed by atoms with Crippen molar-refractivity contribution >= 4 is 63.7 Å². The van der Waals surface area contributed by atoms with E-state index in [4.69, 9.17) is 39.6 Å². The molecule has 0 aromatic heterocycles. The lowest BCUT2D eigenvalue weighted by Crippen LogP contribution is -2.37. The number of fused-ring (bicyclic) bond motifs is 1. The van der Waals surface area contributed by atoms with E-state index in [1.165, 1.54) is 17.2 Å². The lowest BCUT2D eigenvalue weighted by atomic mass is 9.90. The lowest BCUT2D eigenvalue weighted by molar-refractivity contribution is -0.384. The van der Waals surface area contributed by atoms with Gasteiger partial charge in [0.1, 0.15) is 10.9 Å². The molecule has 2 saturated heterocycles. The molecular formula is C23H14Cl3N3O5. The molecular weight excluding hydrogens is 505 g/mol. The second-order valence-corrected chi connectivity index (χ2v) is 8.98. The van der Waals surface area contributed by atoms with Crippen LogP contribution in [0.15, 0.2) is 66.7 Å². The summed E-state index contributed by atoms with van der Waals surface area (Å²) in [7, 11) is 0. The molecule has 2 fully saturated rings. The first-order chi connectivity index (χ1) is 16.3. The van der Waals surface area contributed by atoms with Crippen LogP contribution in [0.3, 0.4) is 0 Å². The number of nitro benzene ring substituents is 1. The van der Waals surface area contributed by atoms with Gasteiger partial charge < -0.3 is 0 Å². The molecule has 2 aliphatic rings. The maximum absolute atomic E-state index is 13.6. The summed E-state index contributed by atoms with van der Waals surface area (Å²) in [6, 6.07) is 16.9. The van der Waals surface area contributed by atoms with Crippen molar-refractivity contribution < 1.29 is 19.3 Å². The fourth-order valence-corrected chi connectivity index (χ4v) is 5.01. The van der Waals surface area contributed by atoms with E-state index in [1.807, 2.05) is 6.07 Å². The molecule has 0 N–H and O–H groups in total. The molecule has 3 unspecified atom stereocenters. The second-order valence-electron chi connectivity index (χ2n) is 7.73. The minimum absolute atomic E-state index is 0.0383. The Kier molecular flexibility index (Phi) is 5.69. The fraction of sp³-hybridized carbons (Fsp3) is 0.130. The number of para-hydroxylation sites is 1. The first-order valence-corrected chi connectivity index (χ1v) is 11.2. The summed E-state index contributed by atoms with van der Waals surface area (Å²) >= 11 is 18.5. The highest BCUT2D eigenvalue weighted by molar-refractivity contribution is 6.35. The zero-order chi connectivity index (χ0) is 24.1. The first kappa shape index (κ1) is 22.6. The Morgan fingerprint density at radius 2 is 1.59 bits per heavy atom. The van der Waals surface area contributed by atoms with Crippen molar-refractivity contribution in [1.82, 2.24) is 0 Å². The largest absolute Gasteiger partial charge is 0.289 e. The van der Waals surface area contributed by atoms with Crippen molar-refractivity contribution in [3.05, 3.63) is 97.5 Å². The number of hydrogen-bond acceptors (Lipinski definition) is 6. The molecule has 2 aliphatic heterocycles. The Bertz CT molecular complexity index is 1340. The number of carbonyl (C=O) groups is 2. The van der Waals surface area contributed by atoms with Gasteiger partial charge in [-0.05, 0) is 42.0 Å². The Labute approximate surface area is 208 Å².